The van der Waals surface area contributed by atoms with Gasteiger partial charge in [-0.3, -0.25) is 0 Å². The van der Waals surface area contributed by atoms with Gasteiger partial charge in [-0.2, -0.15) is 0 Å². The molecule has 0 saturated carbocycles. The molecule has 0 bridgehead atoms. The number of imidazole rings is 1. The van der Waals surface area contributed by atoms with E-state index in [0.717, 1.165) is 35.6 Å². The van der Waals surface area contributed by atoms with Crippen molar-refractivity contribution in [3.05, 3.63) is 39.7 Å². The highest BCUT2D eigenvalue weighted by molar-refractivity contribution is 14.1. The highest BCUT2D eigenvalue weighted by Crippen LogP contribution is 2.26. The van der Waals surface area contributed by atoms with Gasteiger partial charge in [0, 0.05) is 23.6 Å². The van der Waals surface area contributed by atoms with Gasteiger partial charge >= 0.3 is 0 Å². The summed E-state index contributed by atoms with van der Waals surface area (Å²) >= 11 is 8.59. The SMILES string of the molecule is CC(Cl)c1nc2cc(I)ccc2n1CCc1nncn1C. The van der Waals surface area contributed by atoms with Gasteiger partial charge in [0.2, 0.25) is 0 Å². The Labute approximate surface area is 141 Å². The van der Waals surface area contributed by atoms with Crippen molar-refractivity contribution in [1.82, 2.24) is 24.3 Å². The maximum Gasteiger partial charge on any atom is 0.134 e. The van der Waals surface area contributed by atoms with Crippen LogP contribution < -0.4 is 0 Å². The van der Waals surface area contributed by atoms with Gasteiger partial charge in [-0.1, -0.05) is 0 Å². The fourth-order valence-corrected chi connectivity index (χ4v) is 3.05. The minimum absolute atomic E-state index is 0.130. The first-order valence-electron chi connectivity index (χ1n) is 6.69. The Bertz CT molecular complexity index is 777. The number of hydrogen-bond donors (Lipinski definition) is 0. The standard InChI is InChI=1S/C14H15ClIN5/c1-9(15)14-18-11-7-10(16)3-4-12(11)21(14)6-5-13-19-17-8-20(13)2/h3-4,7-9H,5-6H2,1-2H3. The number of nitrogens with zero attached hydrogens (tertiary/aromatic N) is 5. The van der Waals surface area contributed by atoms with Gasteiger partial charge in [0.1, 0.15) is 18.0 Å². The maximum atomic E-state index is 6.29. The molecule has 0 radical (unpaired) electrons. The minimum atomic E-state index is -0.130. The third kappa shape index (κ3) is 2.91. The Balaban J connectivity index is 1.99. The van der Waals surface area contributed by atoms with E-state index in [2.05, 4.69) is 60.5 Å². The zero-order valence-electron chi connectivity index (χ0n) is 11.8. The summed E-state index contributed by atoms with van der Waals surface area (Å²) in [5, 5.41) is 7.91. The predicted octanol–water partition coefficient (Wildman–Crippen LogP) is 3.31. The van der Waals surface area contributed by atoms with E-state index in [9.17, 15) is 0 Å². The molecule has 2 heterocycles. The van der Waals surface area contributed by atoms with Crippen LogP contribution in [0.1, 0.15) is 23.9 Å². The highest BCUT2D eigenvalue weighted by Gasteiger charge is 2.15. The molecule has 3 rings (SSSR count). The van der Waals surface area contributed by atoms with E-state index in [1.165, 1.54) is 3.57 Å². The molecule has 0 amide bonds. The van der Waals surface area contributed by atoms with E-state index < -0.39 is 0 Å². The number of rotatable bonds is 4. The monoisotopic (exact) mass is 415 g/mol. The molecule has 0 aliphatic carbocycles. The van der Waals surface area contributed by atoms with E-state index in [-0.39, 0.29) is 5.38 Å². The van der Waals surface area contributed by atoms with Gasteiger partial charge in [0.25, 0.3) is 0 Å². The first-order chi connectivity index (χ1) is 10.1. The largest absolute Gasteiger partial charge is 0.326 e. The van der Waals surface area contributed by atoms with Gasteiger partial charge < -0.3 is 9.13 Å². The summed E-state index contributed by atoms with van der Waals surface area (Å²) in [5.41, 5.74) is 2.10. The molecule has 1 aromatic carbocycles. The van der Waals surface area contributed by atoms with Crippen molar-refractivity contribution < 1.29 is 0 Å². The number of alkyl halides is 1. The zero-order chi connectivity index (χ0) is 15.0. The summed E-state index contributed by atoms with van der Waals surface area (Å²) in [6, 6.07) is 6.27. The van der Waals surface area contributed by atoms with Crippen LogP contribution >= 0.6 is 34.2 Å². The van der Waals surface area contributed by atoms with Crippen LogP contribution in [0.2, 0.25) is 0 Å². The lowest BCUT2D eigenvalue weighted by molar-refractivity contribution is 0.632. The van der Waals surface area contributed by atoms with Crippen molar-refractivity contribution >= 4 is 45.2 Å². The summed E-state index contributed by atoms with van der Waals surface area (Å²) in [7, 11) is 1.95. The second-order valence-electron chi connectivity index (χ2n) is 4.98. The van der Waals surface area contributed by atoms with Gasteiger partial charge in [0.15, 0.2) is 0 Å². The average Bonchev–Trinajstić information content (AvgIpc) is 2.99. The normalized spacial score (nSPS) is 13.0. The van der Waals surface area contributed by atoms with E-state index in [4.69, 9.17) is 11.6 Å². The van der Waals surface area contributed by atoms with Crippen molar-refractivity contribution in [2.75, 3.05) is 0 Å². The molecule has 0 N–H and O–H groups in total. The smallest absolute Gasteiger partial charge is 0.134 e. The molecule has 110 valence electrons. The minimum Gasteiger partial charge on any atom is -0.326 e. The molecule has 0 spiro atoms. The zero-order valence-corrected chi connectivity index (χ0v) is 14.7. The summed E-state index contributed by atoms with van der Waals surface area (Å²) in [5.74, 6) is 1.85. The van der Waals surface area contributed by atoms with E-state index >= 15 is 0 Å². The number of aryl methyl sites for hydroxylation is 3. The number of aromatic nitrogens is 5. The second-order valence-corrected chi connectivity index (χ2v) is 6.88. The quantitative estimate of drug-likeness (QED) is 0.485. The Morgan fingerprint density at radius 1 is 1.38 bits per heavy atom. The molecule has 1 unspecified atom stereocenters. The summed E-state index contributed by atoms with van der Waals surface area (Å²) in [6.07, 6.45) is 2.51. The maximum absolute atomic E-state index is 6.29. The van der Waals surface area contributed by atoms with Crippen LogP contribution in [-0.2, 0) is 20.0 Å². The van der Waals surface area contributed by atoms with E-state index in [0.29, 0.717) is 0 Å². The number of hydrogen-bond acceptors (Lipinski definition) is 3. The number of fused-ring (bicyclic) bond motifs is 1. The van der Waals surface area contributed by atoms with Gasteiger partial charge in [-0.05, 0) is 47.7 Å². The fourth-order valence-electron chi connectivity index (χ4n) is 2.41. The molecule has 21 heavy (non-hydrogen) atoms. The average molecular weight is 416 g/mol. The van der Waals surface area contributed by atoms with Crippen LogP contribution in [0.5, 0.6) is 0 Å². The van der Waals surface area contributed by atoms with Crippen molar-refractivity contribution in [1.29, 1.82) is 0 Å². The molecule has 2 aromatic heterocycles. The number of halogens is 2. The van der Waals surface area contributed by atoms with Crippen molar-refractivity contribution in [2.24, 2.45) is 7.05 Å². The third-order valence-electron chi connectivity index (χ3n) is 3.46. The Morgan fingerprint density at radius 2 is 2.19 bits per heavy atom. The van der Waals surface area contributed by atoms with Crippen LogP contribution in [0.4, 0.5) is 0 Å². The molecular weight excluding hydrogens is 401 g/mol. The summed E-state index contributed by atoms with van der Waals surface area (Å²) < 4.78 is 5.29. The molecule has 1 atom stereocenters. The highest BCUT2D eigenvalue weighted by atomic mass is 127. The lowest BCUT2D eigenvalue weighted by Crippen LogP contribution is -2.09. The third-order valence-corrected chi connectivity index (χ3v) is 4.33. The Hall–Kier alpha value is -1.15. The van der Waals surface area contributed by atoms with Crippen molar-refractivity contribution in [3.63, 3.8) is 0 Å². The van der Waals surface area contributed by atoms with Crippen LogP contribution in [0.25, 0.3) is 11.0 Å². The first-order valence-corrected chi connectivity index (χ1v) is 8.20. The number of benzene rings is 1. The molecule has 0 aliphatic rings. The second kappa shape index (κ2) is 5.92. The van der Waals surface area contributed by atoms with Crippen molar-refractivity contribution in [2.45, 2.75) is 25.3 Å². The van der Waals surface area contributed by atoms with Gasteiger partial charge in [0.05, 0.1) is 16.4 Å². The van der Waals surface area contributed by atoms with Crippen LogP contribution in [0.15, 0.2) is 24.5 Å². The van der Waals surface area contributed by atoms with Gasteiger partial charge in [-0.15, -0.1) is 21.8 Å². The molecule has 0 fully saturated rings. The molecule has 5 nitrogen and oxygen atoms in total. The topological polar surface area (TPSA) is 48.5 Å². The van der Waals surface area contributed by atoms with Crippen LogP contribution in [0.3, 0.4) is 0 Å². The van der Waals surface area contributed by atoms with E-state index in [1.807, 2.05) is 18.5 Å². The molecule has 7 heteroatoms. The van der Waals surface area contributed by atoms with Crippen LogP contribution in [0, 0.1) is 3.57 Å². The molecule has 0 aliphatic heterocycles. The molecular formula is C14H15ClIN5. The Kier molecular flexibility index (Phi) is 4.17. The lowest BCUT2D eigenvalue weighted by Gasteiger charge is -2.10. The van der Waals surface area contributed by atoms with E-state index in [1.54, 1.807) is 6.33 Å². The summed E-state index contributed by atoms with van der Waals surface area (Å²) in [6.45, 7) is 2.74. The van der Waals surface area contributed by atoms with Gasteiger partial charge in [-0.25, -0.2) is 4.98 Å². The Morgan fingerprint density at radius 3 is 2.86 bits per heavy atom. The predicted molar refractivity (Wildman–Crippen MR) is 91.4 cm³/mol. The van der Waals surface area contributed by atoms with Crippen molar-refractivity contribution in [3.8, 4) is 0 Å². The molecule has 3 aromatic rings. The summed E-state index contributed by atoms with van der Waals surface area (Å²) in [4.78, 5) is 4.68. The first kappa shape index (κ1) is 14.8. The fraction of sp³-hybridized carbons (Fsp3) is 0.357. The lowest BCUT2D eigenvalue weighted by atomic mass is 10.3. The molecule has 0 saturated heterocycles. The van der Waals surface area contributed by atoms with Crippen LogP contribution in [-0.4, -0.2) is 24.3 Å².